The highest BCUT2D eigenvalue weighted by Crippen LogP contribution is 2.42. The molecule has 80 valence electrons. The number of nitrogens with zero attached hydrogens (tertiary/aromatic N) is 1. The number of aryl methyl sites for hydroxylation is 1. The van der Waals surface area contributed by atoms with Crippen molar-refractivity contribution in [1.82, 2.24) is 10.3 Å². The maximum absolute atomic E-state index is 5.42. The number of allylic oxidation sites excluding steroid dienone is 1. The van der Waals surface area contributed by atoms with Gasteiger partial charge >= 0.3 is 0 Å². The van der Waals surface area contributed by atoms with E-state index in [-0.39, 0.29) is 0 Å². The van der Waals surface area contributed by atoms with E-state index >= 15 is 0 Å². The number of hydrogen-bond acceptors (Lipinski definition) is 3. The third-order valence-electron chi connectivity index (χ3n) is 3.55. The van der Waals surface area contributed by atoms with Crippen LogP contribution in [0.1, 0.15) is 24.5 Å². The highest BCUT2D eigenvalue weighted by molar-refractivity contribution is 5.13. The van der Waals surface area contributed by atoms with Crippen molar-refractivity contribution in [1.29, 1.82) is 0 Å². The molecule has 0 saturated heterocycles. The van der Waals surface area contributed by atoms with Gasteiger partial charge < -0.3 is 9.73 Å². The minimum Gasteiger partial charge on any atom is -0.445 e. The van der Waals surface area contributed by atoms with E-state index in [9.17, 15) is 0 Å². The van der Waals surface area contributed by atoms with E-state index in [1.165, 1.54) is 12.8 Å². The van der Waals surface area contributed by atoms with Gasteiger partial charge in [0.15, 0.2) is 0 Å². The Bertz CT molecular complexity index is 383. The van der Waals surface area contributed by atoms with Gasteiger partial charge in [0.2, 0.25) is 5.89 Å². The van der Waals surface area contributed by atoms with Crippen LogP contribution in [0.2, 0.25) is 0 Å². The normalized spacial score (nSPS) is 32.7. The molecule has 1 aromatic rings. The Hall–Kier alpha value is -1.09. The SMILES string of the molecule is Cc1cnc(CNC2CC3CC=CC32)o1. The molecule has 1 fully saturated rings. The van der Waals surface area contributed by atoms with Crippen LogP contribution in [0.5, 0.6) is 0 Å². The summed E-state index contributed by atoms with van der Waals surface area (Å²) in [6, 6.07) is 0.640. The van der Waals surface area contributed by atoms with Gasteiger partial charge in [0.05, 0.1) is 12.7 Å². The van der Waals surface area contributed by atoms with Gasteiger partial charge in [-0.1, -0.05) is 12.2 Å². The summed E-state index contributed by atoms with van der Waals surface area (Å²) in [5.41, 5.74) is 0. The second-order valence-corrected chi connectivity index (χ2v) is 4.59. The van der Waals surface area contributed by atoms with Gasteiger partial charge in [0, 0.05) is 6.04 Å². The van der Waals surface area contributed by atoms with E-state index in [0.29, 0.717) is 6.04 Å². The lowest BCUT2D eigenvalue weighted by molar-refractivity contribution is 0.158. The predicted molar refractivity (Wildman–Crippen MR) is 57.2 cm³/mol. The van der Waals surface area contributed by atoms with Gasteiger partial charge in [-0.2, -0.15) is 0 Å². The van der Waals surface area contributed by atoms with Gasteiger partial charge in [-0.3, -0.25) is 0 Å². The molecule has 0 spiro atoms. The van der Waals surface area contributed by atoms with Crippen molar-refractivity contribution in [2.45, 2.75) is 32.4 Å². The summed E-state index contributed by atoms with van der Waals surface area (Å²) in [6.45, 7) is 2.69. The molecule has 15 heavy (non-hydrogen) atoms. The van der Waals surface area contributed by atoms with Crippen LogP contribution in [0.4, 0.5) is 0 Å². The van der Waals surface area contributed by atoms with Crippen molar-refractivity contribution in [3.8, 4) is 0 Å². The third-order valence-corrected chi connectivity index (χ3v) is 3.55. The number of oxazole rings is 1. The van der Waals surface area contributed by atoms with E-state index in [4.69, 9.17) is 4.42 Å². The largest absolute Gasteiger partial charge is 0.445 e. The lowest BCUT2D eigenvalue weighted by Crippen LogP contribution is -2.47. The average molecular weight is 204 g/mol. The molecule has 1 saturated carbocycles. The van der Waals surface area contributed by atoms with Gasteiger partial charge in [-0.25, -0.2) is 4.98 Å². The van der Waals surface area contributed by atoms with Gasteiger partial charge in [0.25, 0.3) is 0 Å². The first kappa shape index (κ1) is 9.16. The Morgan fingerprint density at radius 2 is 2.53 bits per heavy atom. The minimum atomic E-state index is 0.640. The third kappa shape index (κ3) is 1.61. The van der Waals surface area contributed by atoms with Gasteiger partial charge in [-0.05, 0) is 31.6 Å². The van der Waals surface area contributed by atoms with E-state index in [2.05, 4.69) is 22.5 Å². The first-order chi connectivity index (χ1) is 7.33. The molecule has 0 aromatic carbocycles. The summed E-state index contributed by atoms with van der Waals surface area (Å²) in [7, 11) is 0. The lowest BCUT2D eigenvalue weighted by atomic mass is 9.71. The summed E-state index contributed by atoms with van der Waals surface area (Å²) in [5, 5.41) is 3.51. The second kappa shape index (κ2) is 3.49. The molecule has 1 aromatic heterocycles. The zero-order chi connectivity index (χ0) is 10.3. The zero-order valence-corrected chi connectivity index (χ0v) is 8.94. The highest BCUT2D eigenvalue weighted by Gasteiger charge is 2.40. The molecule has 3 rings (SSSR count). The van der Waals surface area contributed by atoms with E-state index in [1.54, 1.807) is 6.20 Å². The Kier molecular flexibility index (Phi) is 2.13. The van der Waals surface area contributed by atoms with Crippen LogP contribution < -0.4 is 5.32 Å². The van der Waals surface area contributed by atoms with Crippen LogP contribution in [0, 0.1) is 18.8 Å². The Morgan fingerprint density at radius 1 is 1.60 bits per heavy atom. The topological polar surface area (TPSA) is 38.1 Å². The first-order valence-electron chi connectivity index (χ1n) is 5.64. The lowest BCUT2D eigenvalue weighted by Gasteiger charge is -2.40. The van der Waals surface area contributed by atoms with E-state index < -0.39 is 0 Å². The molecule has 1 N–H and O–H groups in total. The fraction of sp³-hybridized carbons (Fsp3) is 0.583. The molecule has 3 unspecified atom stereocenters. The Balaban J connectivity index is 1.53. The molecule has 0 bridgehead atoms. The first-order valence-corrected chi connectivity index (χ1v) is 5.64. The molecule has 2 aliphatic carbocycles. The molecule has 0 aliphatic heterocycles. The number of nitrogens with one attached hydrogen (secondary N) is 1. The van der Waals surface area contributed by atoms with Crippen LogP contribution >= 0.6 is 0 Å². The quantitative estimate of drug-likeness (QED) is 0.766. The minimum absolute atomic E-state index is 0.640. The molecule has 3 heteroatoms. The average Bonchev–Trinajstić information content (AvgIpc) is 2.75. The summed E-state index contributed by atoms with van der Waals surface area (Å²) in [4.78, 5) is 4.18. The molecule has 3 atom stereocenters. The van der Waals surface area contributed by atoms with Crippen molar-refractivity contribution in [3.05, 3.63) is 30.0 Å². The molecule has 1 heterocycles. The number of fused-ring (bicyclic) bond motifs is 1. The molecule has 3 nitrogen and oxygen atoms in total. The summed E-state index contributed by atoms with van der Waals surface area (Å²) < 4.78 is 5.42. The number of aromatic nitrogens is 1. The fourth-order valence-corrected chi connectivity index (χ4v) is 2.65. The van der Waals surface area contributed by atoms with Gasteiger partial charge in [0.1, 0.15) is 5.76 Å². The smallest absolute Gasteiger partial charge is 0.208 e. The van der Waals surface area contributed by atoms with Crippen molar-refractivity contribution in [3.63, 3.8) is 0 Å². The molecule has 0 amide bonds. The van der Waals surface area contributed by atoms with E-state index in [0.717, 1.165) is 30.0 Å². The van der Waals surface area contributed by atoms with Crippen molar-refractivity contribution in [2.75, 3.05) is 0 Å². The summed E-state index contributed by atoms with van der Waals surface area (Å²) >= 11 is 0. The Labute approximate surface area is 89.6 Å². The second-order valence-electron chi connectivity index (χ2n) is 4.59. The van der Waals surface area contributed by atoms with Crippen LogP contribution in [0.25, 0.3) is 0 Å². The number of hydrogen-bond donors (Lipinski definition) is 1. The molecular weight excluding hydrogens is 188 g/mol. The maximum atomic E-state index is 5.42. The van der Waals surface area contributed by atoms with Crippen LogP contribution in [-0.4, -0.2) is 11.0 Å². The van der Waals surface area contributed by atoms with Crippen LogP contribution in [-0.2, 0) is 6.54 Å². The van der Waals surface area contributed by atoms with E-state index in [1.807, 2.05) is 6.92 Å². The van der Waals surface area contributed by atoms with Crippen molar-refractivity contribution >= 4 is 0 Å². The highest BCUT2D eigenvalue weighted by atomic mass is 16.4. The van der Waals surface area contributed by atoms with Crippen molar-refractivity contribution in [2.24, 2.45) is 11.8 Å². The Morgan fingerprint density at radius 3 is 3.27 bits per heavy atom. The van der Waals surface area contributed by atoms with Gasteiger partial charge in [-0.15, -0.1) is 0 Å². The monoisotopic (exact) mass is 204 g/mol. The summed E-state index contributed by atoms with van der Waals surface area (Å²) in [5.74, 6) is 3.37. The maximum Gasteiger partial charge on any atom is 0.208 e. The predicted octanol–water partition coefficient (Wildman–Crippen LogP) is 2.04. The number of rotatable bonds is 3. The zero-order valence-electron chi connectivity index (χ0n) is 8.94. The molecule has 2 aliphatic rings. The fourth-order valence-electron chi connectivity index (χ4n) is 2.65. The summed E-state index contributed by atoms with van der Waals surface area (Å²) in [6.07, 6.45) is 9.02. The molecular formula is C12H16N2O. The van der Waals surface area contributed by atoms with Crippen LogP contribution in [0.3, 0.4) is 0 Å². The van der Waals surface area contributed by atoms with Crippen molar-refractivity contribution < 1.29 is 4.42 Å². The molecule has 0 radical (unpaired) electrons. The van der Waals surface area contributed by atoms with Crippen LogP contribution in [0.15, 0.2) is 22.8 Å². The standard InChI is InChI=1S/C12H16N2O/c1-8-6-14-12(15-8)7-13-11-5-9-3-2-4-10(9)11/h2,4,6,9-11,13H,3,5,7H2,1H3.